The maximum Gasteiger partial charge on any atom is 0.305 e. The minimum atomic E-state index is -3.87. The van der Waals surface area contributed by atoms with Gasteiger partial charge in [-0.2, -0.15) is 0 Å². The van der Waals surface area contributed by atoms with Gasteiger partial charge in [-0.3, -0.25) is 9.10 Å². The monoisotopic (exact) mass is 441 g/mol. The fraction of sp³-hybridized carbons (Fsp3) is 0.409. The highest BCUT2D eigenvalue weighted by atomic mass is 35.5. The Morgan fingerprint density at radius 1 is 0.966 bits per heavy atom. The van der Waals surface area contributed by atoms with E-state index in [4.69, 9.17) is 16.7 Å². The Hall–Kier alpha value is -2.05. The maximum absolute atomic E-state index is 13.0. The van der Waals surface area contributed by atoms with E-state index in [1.165, 1.54) is 0 Å². The van der Waals surface area contributed by atoms with E-state index in [1.54, 1.807) is 48.5 Å². The normalized spacial score (nSPS) is 10.1. The number of halogens is 1. The molecule has 0 aliphatic rings. The van der Waals surface area contributed by atoms with Crippen molar-refractivity contribution in [2.45, 2.75) is 58.8 Å². The number of aliphatic carboxylic acids is 1. The Morgan fingerprint density at radius 3 is 1.93 bits per heavy atom. The first-order valence-electron chi connectivity index (χ1n) is 9.93. The summed E-state index contributed by atoms with van der Waals surface area (Å²) in [4.78, 5) is 11.1. The van der Waals surface area contributed by atoms with Crippen molar-refractivity contribution in [1.29, 1.82) is 0 Å². The van der Waals surface area contributed by atoms with E-state index in [-0.39, 0.29) is 17.9 Å². The number of anilines is 1. The van der Waals surface area contributed by atoms with Gasteiger partial charge in [-0.05, 0) is 48.4 Å². The van der Waals surface area contributed by atoms with Crippen molar-refractivity contribution in [3.63, 3.8) is 0 Å². The third-order valence-electron chi connectivity index (χ3n) is 3.69. The third-order valence-corrected chi connectivity index (χ3v) is 5.79. The Bertz CT molecular complexity index is 819. The molecule has 2 aromatic rings. The lowest BCUT2D eigenvalue weighted by atomic mass is 10.1. The molecule has 0 radical (unpaired) electrons. The molecule has 2 aromatic carbocycles. The number of benzene rings is 2. The van der Waals surface area contributed by atoms with E-state index in [1.807, 2.05) is 27.7 Å². The summed E-state index contributed by atoms with van der Waals surface area (Å²) in [5.74, 6) is -1.06. The molecule has 5 nitrogen and oxygen atoms in total. The standard InChI is InChI=1S/C18H20ClNO4S.2C2H6/c1-2-3-14-4-10-17(11-5-14)25(23,24)20(13-12-18(21)22)16-8-6-15(19)7-9-16;2*1-2/h4-11H,2-3,12-13H2,1H3,(H,21,22);2*1-2H3. The molecule has 1 N–H and O–H groups in total. The average Bonchev–Trinajstić information content (AvgIpc) is 2.73. The molecule has 0 heterocycles. The highest BCUT2D eigenvalue weighted by molar-refractivity contribution is 7.92. The van der Waals surface area contributed by atoms with Crippen LogP contribution in [0.5, 0.6) is 0 Å². The molecule has 0 aliphatic carbocycles. The summed E-state index contributed by atoms with van der Waals surface area (Å²) >= 11 is 5.86. The van der Waals surface area contributed by atoms with Crippen LogP contribution < -0.4 is 4.31 Å². The average molecular weight is 442 g/mol. The first-order chi connectivity index (χ1) is 13.8. The molecule has 0 aromatic heterocycles. The van der Waals surface area contributed by atoms with Gasteiger partial charge in [0.25, 0.3) is 10.0 Å². The van der Waals surface area contributed by atoms with E-state index in [2.05, 4.69) is 6.92 Å². The van der Waals surface area contributed by atoms with Crippen LogP contribution in [-0.4, -0.2) is 26.0 Å². The van der Waals surface area contributed by atoms with Crippen LogP contribution in [0.15, 0.2) is 53.4 Å². The van der Waals surface area contributed by atoms with Gasteiger partial charge in [0.2, 0.25) is 0 Å². The number of aryl methyl sites for hydroxylation is 1. The van der Waals surface area contributed by atoms with Gasteiger partial charge in [-0.25, -0.2) is 8.42 Å². The van der Waals surface area contributed by atoms with Crippen molar-refractivity contribution in [2.75, 3.05) is 10.8 Å². The lowest BCUT2D eigenvalue weighted by molar-refractivity contribution is -0.136. The SMILES string of the molecule is CC.CC.CCCc1ccc(S(=O)(=O)N(CCC(=O)O)c2ccc(Cl)cc2)cc1. The number of hydrogen-bond acceptors (Lipinski definition) is 3. The van der Waals surface area contributed by atoms with Crippen molar-refractivity contribution in [2.24, 2.45) is 0 Å². The van der Waals surface area contributed by atoms with Gasteiger partial charge in [0.05, 0.1) is 17.0 Å². The smallest absolute Gasteiger partial charge is 0.305 e. The van der Waals surface area contributed by atoms with Crippen LogP contribution in [0.2, 0.25) is 5.02 Å². The summed E-state index contributed by atoms with van der Waals surface area (Å²) in [6.07, 6.45) is 1.55. The topological polar surface area (TPSA) is 74.7 Å². The van der Waals surface area contributed by atoms with Gasteiger partial charge in [-0.1, -0.05) is 64.8 Å². The molecule has 0 unspecified atom stereocenters. The van der Waals surface area contributed by atoms with Crippen LogP contribution >= 0.6 is 11.6 Å². The van der Waals surface area contributed by atoms with E-state index < -0.39 is 16.0 Å². The molecule has 0 saturated heterocycles. The van der Waals surface area contributed by atoms with Crippen LogP contribution in [0.1, 0.15) is 53.0 Å². The third kappa shape index (κ3) is 8.46. The van der Waals surface area contributed by atoms with Crippen molar-refractivity contribution in [3.05, 3.63) is 59.1 Å². The zero-order chi connectivity index (χ0) is 22.4. The number of sulfonamides is 1. The van der Waals surface area contributed by atoms with Crippen molar-refractivity contribution >= 4 is 33.3 Å². The molecule has 2 rings (SSSR count). The number of carbonyl (C=O) groups is 1. The first kappa shape index (κ1) is 27.0. The maximum atomic E-state index is 13.0. The van der Waals surface area contributed by atoms with Gasteiger partial charge in [-0.15, -0.1) is 0 Å². The Kier molecular flexibility index (Phi) is 13.0. The number of carboxylic acid groups (broad SMARTS) is 1. The van der Waals surface area contributed by atoms with Crippen LogP contribution in [-0.2, 0) is 21.2 Å². The molecular formula is C22H32ClNO4S. The van der Waals surface area contributed by atoms with Crippen LogP contribution in [0.3, 0.4) is 0 Å². The summed E-state index contributed by atoms with van der Waals surface area (Å²) in [5.41, 5.74) is 1.44. The fourth-order valence-corrected chi connectivity index (χ4v) is 4.03. The van der Waals surface area contributed by atoms with E-state index in [9.17, 15) is 13.2 Å². The van der Waals surface area contributed by atoms with Crippen molar-refractivity contribution < 1.29 is 18.3 Å². The van der Waals surface area contributed by atoms with Crippen LogP contribution in [0.4, 0.5) is 5.69 Å². The van der Waals surface area contributed by atoms with E-state index in [0.717, 1.165) is 22.7 Å². The summed E-state index contributed by atoms with van der Waals surface area (Å²) in [6, 6.07) is 13.0. The Balaban J connectivity index is 0.00000184. The zero-order valence-electron chi connectivity index (χ0n) is 17.9. The number of hydrogen-bond donors (Lipinski definition) is 1. The second-order valence-electron chi connectivity index (χ2n) is 5.59. The minimum Gasteiger partial charge on any atom is -0.481 e. The molecule has 0 fully saturated rings. The molecule has 29 heavy (non-hydrogen) atoms. The van der Waals surface area contributed by atoms with Gasteiger partial charge in [0.15, 0.2) is 0 Å². The lowest BCUT2D eigenvalue weighted by Crippen LogP contribution is -2.33. The molecule has 0 atom stereocenters. The second kappa shape index (κ2) is 14.0. The summed E-state index contributed by atoms with van der Waals surface area (Å²) in [5, 5.41) is 9.42. The van der Waals surface area contributed by atoms with Gasteiger partial charge in [0, 0.05) is 11.6 Å². The van der Waals surface area contributed by atoms with Crippen LogP contribution in [0, 0.1) is 0 Å². The molecule has 0 amide bonds. The van der Waals surface area contributed by atoms with Crippen molar-refractivity contribution in [3.8, 4) is 0 Å². The molecular weight excluding hydrogens is 410 g/mol. The van der Waals surface area contributed by atoms with Gasteiger partial charge < -0.3 is 5.11 Å². The summed E-state index contributed by atoms with van der Waals surface area (Å²) in [6.45, 7) is 9.90. The Morgan fingerprint density at radius 2 is 1.48 bits per heavy atom. The molecule has 7 heteroatoms. The molecule has 0 spiro atoms. The first-order valence-corrected chi connectivity index (χ1v) is 11.8. The second-order valence-corrected chi connectivity index (χ2v) is 7.89. The van der Waals surface area contributed by atoms with E-state index >= 15 is 0 Å². The van der Waals surface area contributed by atoms with Gasteiger partial charge >= 0.3 is 5.97 Å². The quantitative estimate of drug-likeness (QED) is 0.543. The highest BCUT2D eigenvalue weighted by Gasteiger charge is 2.25. The largest absolute Gasteiger partial charge is 0.481 e. The zero-order valence-corrected chi connectivity index (χ0v) is 19.4. The summed E-state index contributed by atoms with van der Waals surface area (Å²) in [7, 11) is -3.87. The Labute approximate surface area is 180 Å². The van der Waals surface area contributed by atoms with E-state index in [0.29, 0.717) is 10.7 Å². The molecule has 0 aliphatic heterocycles. The number of nitrogens with zero attached hydrogens (tertiary/aromatic N) is 1. The molecule has 0 saturated carbocycles. The van der Waals surface area contributed by atoms with Crippen LogP contribution in [0.25, 0.3) is 0 Å². The fourth-order valence-electron chi connectivity index (χ4n) is 2.44. The molecule has 162 valence electrons. The minimum absolute atomic E-state index is 0.132. The predicted octanol–water partition coefficient (Wildman–Crippen LogP) is 6.01. The lowest BCUT2D eigenvalue weighted by Gasteiger charge is -2.24. The summed E-state index contributed by atoms with van der Waals surface area (Å²) < 4.78 is 27.1. The van der Waals surface area contributed by atoms with Gasteiger partial charge in [0.1, 0.15) is 0 Å². The highest BCUT2D eigenvalue weighted by Crippen LogP contribution is 2.26. The predicted molar refractivity (Wildman–Crippen MR) is 121 cm³/mol. The number of rotatable bonds is 8. The van der Waals surface area contributed by atoms with Crippen molar-refractivity contribution in [1.82, 2.24) is 0 Å². The molecule has 0 bridgehead atoms. The number of carboxylic acids is 1.